The first-order valence-corrected chi connectivity index (χ1v) is 7.63. The first-order chi connectivity index (χ1) is 8.37. The highest BCUT2D eigenvalue weighted by atomic mass is 32.2. The molecule has 0 fully saturated rings. The summed E-state index contributed by atoms with van der Waals surface area (Å²) in [4.78, 5) is -0.0612. The molecule has 0 aliphatic carbocycles. The summed E-state index contributed by atoms with van der Waals surface area (Å²) < 4.78 is 36.1. The highest BCUT2D eigenvalue weighted by Gasteiger charge is 2.12. The third-order valence-corrected chi connectivity index (χ3v) is 4.34. The van der Waals surface area contributed by atoms with Crippen LogP contribution in [0.1, 0.15) is 12.5 Å². The SMILES string of the molecule is CCS(=O)(=O)CCNc1cccc(F)c1C(N)=S. The monoisotopic (exact) mass is 290 g/mol. The van der Waals surface area contributed by atoms with Gasteiger partial charge in [-0.1, -0.05) is 25.2 Å². The zero-order valence-corrected chi connectivity index (χ0v) is 11.6. The third-order valence-electron chi connectivity index (χ3n) is 2.43. The lowest BCUT2D eigenvalue weighted by Gasteiger charge is -2.11. The summed E-state index contributed by atoms with van der Waals surface area (Å²) in [5.41, 5.74) is 5.96. The molecule has 0 radical (unpaired) electrons. The molecular formula is C11H15FN2O2S2. The van der Waals surface area contributed by atoms with E-state index in [4.69, 9.17) is 18.0 Å². The Bertz CT molecular complexity index is 544. The summed E-state index contributed by atoms with van der Waals surface area (Å²) in [5.74, 6) is -0.456. The standard InChI is InChI=1S/C11H15FN2O2S2/c1-2-18(15,16)7-6-14-9-5-3-4-8(12)10(9)11(13)17/h3-5,14H,2,6-7H2,1H3,(H2,13,17). The molecule has 1 rings (SSSR count). The lowest BCUT2D eigenvalue weighted by molar-refractivity contribution is 0.597. The fourth-order valence-corrected chi connectivity index (χ4v) is 2.32. The van der Waals surface area contributed by atoms with Gasteiger partial charge in [-0.2, -0.15) is 0 Å². The number of halogens is 1. The third kappa shape index (κ3) is 3.92. The Kier molecular flexibility index (Phi) is 5.03. The van der Waals surface area contributed by atoms with Gasteiger partial charge in [0.05, 0.1) is 11.3 Å². The van der Waals surface area contributed by atoms with Gasteiger partial charge < -0.3 is 11.1 Å². The van der Waals surface area contributed by atoms with Crippen molar-refractivity contribution in [3.8, 4) is 0 Å². The second kappa shape index (κ2) is 6.10. The first kappa shape index (κ1) is 14.8. The molecule has 0 heterocycles. The van der Waals surface area contributed by atoms with E-state index in [1.165, 1.54) is 12.1 Å². The van der Waals surface area contributed by atoms with Crippen molar-refractivity contribution in [2.75, 3.05) is 23.4 Å². The van der Waals surface area contributed by atoms with Gasteiger partial charge in [0.15, 0.2) is 9.84 Å². The van der Waals surface area contributed by atoms with Crippen LogP contribution < -0.4 is 11.1 Å². The zero-order chi connectivity index (χ0) is 13.8. The van der Waals surface area contributed by atoms with Crippen LogP contribution in [0, 0.1) is 5.82 Å². The summed E-state index contributed by atoms with van der Waals surface area (Å²) in [6, 6.07) is 4.37. The lowest BCUT2D eigenvalue weighted by Crippen LogP contribution is -2.20. The highest BCUT2D eigenvalue weighted by molar-refractivity contribution is 7.91. The Balaban J connectivity index is 2.80. The van der Waals surface area contributed by atoms with E-state index < -0.39 is 15.7 Å². The molecule has 3 N–H and O–H groups in total. The lowest BCUT2D eigenvalue weighted by atomic mass is 10.1. The number of nitrogens with two attached hydrogens (primary N) is 1. The Morgan fingerprint density at radius 2 is 2.17 bits per heavy atom. The van der Waals surface area contributed by atoms with Gasteiger partial charge in [0.2, 0.25) is 0 Å². The number of anilines is 1. The summed E-state index contributed by atoms with van der Waals surface area (Å²) in [6.07, 6.45) is 0. The van der Waals surface area contributed by atoms with E-state index in [1.54, 1.807) is 13.0 Å². The minimum Gasteiger partial charge on any atom is -0.389 e. The number of thiocarbonyl (C=S) groups is 1. The van der Waals surface area contributed by atoms with E-state index in [0.29, 0.717) is 5.69 Å². The number of rotatable bonds is 6. The van der Waals surface area contributed by atoms with E-state index in [1.807, 2.05) is 0 Å². The average Bonchev–Trinajstić information content (AvgIpc) is 2.28. The summed E-state index contributed by atoms with van der Waals surface area (Å²) in [7, 11) is -3.05. The second-order valence-electron chi connectivity index (χ2n) is 3.69. The van der Waals surface area contributed by atoms with E-state index in [2.05, 4.69) is 5.32 Å². The van der Waals surface area contributed by atoms with Gasteiger partial charge in [-0.3, -0.25) is 0 Å². The van der Waals surface area contributed by atoms with Gasteiger partial charge in [-0.05, 0) is 12.1 Å². The highest BCUT2D eigenvalue weighted by Crippen LogP contribution is 2.18. The van der Waals surface area contributed by atoms with Crippen LogP contribution in [-0.4, -0.2) is 31.5 Å². The van der Waals surface area contributed by atoms with Gasteiger partial charge in [-0.25, -0.2) is 12.8 Å². The molecule has 0 unspecified atom stereocenters. The fourth-order valence-electron chi connectivity index (χ4n) is 1.41. The number of sulfone groups is 1. The molecule has 100 valence electrons. The smallest absolute Gasteiger partial charge is 0.151 e. The minimum absolute atomic E-state index is 0.0171. The Labute approximate surface area is 111 Å². The van der Waals surface area contributed by atoms with Crippen molar-refractivity contribution in [3.63, 3.8) is 0 Å². The van der Waals surface area contributed by atoms with E-state index >= 15 is 0 Å². The predicted octanol–water partition coefficient (Wildman–Crippen LogP) is 1.31. The van der Waals surface area contributed by atoms with Crippen LogP contribution in [0.5, 0.6) is 0 Å². The molecular weight excluding hydrogens is 275 g/mol. The summed E-state index contributed by atoms with van der Waals surface area (Å²) in [5, 5.41) is 2.84. The van der Waals surface area contributed by atoms with Crippen LogP contribution in [0.25, 0.3) is 0 Å². The number of hydrogen-bond donors (Lipinski definition) is 2. The molecule has 0 aliphatic heterocycles. The van der Waals surface area contributed by atoms with Crippen LogP contribution in [-0.2, 0) is 9.84 Å². The maximum atomic E-state index is 13.5. The minimum atomic E-state index is -3.05. The van der Waals surface area contributed by atoms with E-state index in [-0.39, 0.29) is 28.6 Å². The van der Waals surface area contributed by atoms with E-state index in [9.17, 15) is 12.8 Å². The molecule has 18 heavy (non-hydrogen) atoms. The topological polar surface area (TPSA) is 72.2 Å². The Morgan fingerprint density at radius 1 is 1.50 bits per heavy atom. The molecule has 0 saturated heterocycles. The molecule has 7 heteroatoms. The summed E-state index contributed by atoms with van der Waals surface area (Å²) >= 11 is 4.76. The van der Waals surface area contributed by atoms with Crippen LogP contribution in [0.3, 0.4) is 0 Å². The molecule has 0 bridgehead atoms. The van der Waals surface area contributed by atoms with Crippen molar-refractivity contribution in [1.82, 2.24) is 0 Å². The molecule has 0 saturated carbocycles. The van der Waals surface area contributed by atoms with Gasteiger partial charge >= 0.3 is 0 Å². The molecule has 0 amide bonds. The van der Waals surface area contributed by atoms with Crippen molar-refractivity contribution in [2.24, 2.45) is 5.73 Å². The maximum absolute atomic E-state index is 13.5. The van der Waals surface area contributed by atoms with E-state index in [0.717, 1.165) is 0 Å². The Hall–Kier alpha value is -1.21. The van der Waals surface area contributed by atoms with Crippen molar-refractivity contribution in [2.45, 2.75) is 6.92 Å². The molecule has 1 aromatic rings. The number of benzene rings is 1. The normalized spacial score (nSPS) is 11.2. The maximum Gasteiger partial charge on any atom is 0.151 e. The van der Waals surface area contributed by atoms with Crippen molar-refractivity contribution in [3.05, 3.63) is 29.6 Å². The van der Waals surface area contributed by atoms with Crippen molar-refractivity contribution < 1.29 is 12.8 Å². The molecule has 0 aliphatic rings. The van der Waals surface area contributed by atoms with Gasteiger partial charge in [0.1, 0.15) is 10.8 Å². The van der Waals surface area contributed by atoms with Gasteiger partial charge in [-0.15, -0.1) is 0 Å². The molecule has 4 nitrogen and oxygen atoms in total. The van der Waals surface area contributed by atoms with Crippen LogP contribution in [0.4, 0.5) is 10.1 Å². The first-order valence-electron chi connectivity index (χ1n) is 5.40. The fraction of sp³-hybridized carbons (Fsp3) is 0.364. The van der Waals surface area contributed by atoms with Crippen LogP contribution in [0.15, 0.2) is 18.2 Å². The van der Waals surface area contributed by atoms with Crippen molar-refractivity contribution >= 4 is 32.7 Å². The largest absolute Gasteiger partial charge is 0.389 e. The molecule has 0 atom stereocenters. The van der Waals surface area contributed by atoms with Gasteiger partial charge in [0, 0.05) is 18.0 Å². The van der Waals surface area contributed by atoms with Crippen LogP contribution in [0.2, 0.25) is 0 Å². The average molecular weight is 290 g/mol. The molecule has 0 aromatic heterocycles. The Morgan fingerprint density at radius 3 is 2.72 bits per heavy atom. The second-order valence-corrected chi connectivity index (χ2v) is 6.60. The molecule has 1 aromatic carbocycles. The van der Waals surface area contributed by atoms with Crippen molar-refractivity contribution in [1.29, 1.82) is 0 Å². The summed E-state index contributed by atoms with van der Waals surface area (Å²) in [6.45, 7) is 1.77. The number of hydrogen-bond acceptors (Lipinski definition) is 4. The quantitative estimate of drug-likeness (QED) is 0.773. The zero-order valence-electron chi connectivity index (χ0n) is 9.94. The van der Waals surface area contributed by atoms with Crippen LogP contribution >= 0.6 is 12.2 Å². The molecule has 0 spiro atoms. The predicted molar refractivity (Wildman–Crippen MR) is 75.1 cm³/mol. The van der Waals surface area contributed by atoms with Gasteiger partial charge in [0.25, 0.3) is 0 Å². The number of nitrogens with one attached hydrogen (secondary N) is 1.